The summed E-state index contributed by atoms with van der Waals surface area (Å²) in [4.78, 5) is 43.3. The van der Waals surface area contributed by atoms with Gasteiger partial charge in [0.05, 0.1) is 35.3 Å². The molecule has 256 valence electrons. The number of amides is 4. The van der Waals surface area contributed by atoms with Crippen LogP contribution in [0.3, 0.4) is 0 Å². The lowest BCUT2D eigenvalue weighted by molar-refractivity contribution is 0.0343. The lowest BCUT2D eigenvalue weighted by Crippen LogP contribution is -2.49. The van der Waals surface area contributed by atoms with Gasteiger partial charge in [0, 0.05) is 36.8 Å². The Bertz CT molecular complexity index is 1790. The number of likely N-dealkylation sites (N-methyl/N-ethyl adjacent to an activating group) is 1. The number of carbonyl (C=O) groups is 3. The minimum Gasteiger partial charge on any atom is -0.486 e. The molecule has 1 heterocycles. The molecule has 12 heteroatoms. The highest BCUT2D eigenvalue weighted by atomic mass is 19.1. The Balaban J connectivity index is 1.33. The van der Waals surface area contributed by atoms with Crippen LogP contribution >= 0.6 is 0 Å². The standard InChI is InChI=1S/C37H41FN6O5/c1-23-19-44(24(2)22-45)36(47)29-7-6-10-32(42-37(48)40-28-17-15-27(38)16-18-28)34(29)49-33(23)21-43(3)20-25-11-13-26(14-12-25)35(46)41-31-9-5-4-8-30(31)39/h4-18,23-24,33,45H,19-22,39H2,1-3H3,(H,41,46)(H2,40,42,48)/t23-,24+,33-/m1/s1. The van der Waals surface area contributed by atoms with Crippen molar-refractivity contribution in [3.05, 3.63) is 114 Å². The van der Waals surface area contributed by atoms with Gasteiger partial charge in [0.15, 0.2) is 5.75 Å². The summed E-state index contributed by atoms with van der Waals surface area (Å²) in [7, 11) is 1.95. The topological polar surface area (TPSA) is 149 Å². The summed E-state index contributed by atoms with van der Waals surface area (Å²) in [5, 5.41) is 18.3. The molecule has 49 heavy (non-hydrogen) atoms. The number of aliphatic hydroxyl groups is 1. The van der Waals surface area contributed by atoms with E-state index in [2.05, 4.69) is 20.9 Å². The molecule has 4 amide bonds. The molecule has 6 N–H and O–H groups in total. The van der Waals surface area contributed by atoms with Crippen LogP contribution in [0.25, 0.3) is 0 Å². The van der Waals surface area contributed by atoms with Crippen LogP contribution in [0.4, 0.5) is 31.9 Å². The number of carbonyl (C=O) groups excluding carboxylic acids is 3. The van der Waals surface area contributed by atoms with Gasteiger partial charge >= 0.3 is 6.03 Å². The van der Waals surface area contributed by atoms with Crippen LogP contribution in [0.5, 0.6) is 5.75 Å². The third-order valence-electron chi connectivity index (χ3n) is 8.41. The molecule has 0 saturated carbocycles. The molecule has 1 aliphatic rings. The second kappa shape index (κ2) is 15.6. The van der Waals surface area contributed by atoms with Crippen molar-refractivity contribution in [1.82, 2.24) is 9.80 Å². The maximum absolute atomic E-state index is 13.8. The smallest absolute Gasteiger partial charge is 0.323 e. The van der Waals surface area contributed by atoms with Gasteiger partial charge < -0.3 is 36.4 Å². The lowest BCUT2D eigenvalue weighted by Gasteiger charge is -2.38. The number of aliphatic hydroxyl groups excluding tert-OH is 1. The van der Waals surface area contributed by atoms with Crippen molar-refractivity contribution < 1.29 is 28.6 Å². The zero-order chi connectivity index (χ0) is 35.1. The first-order valence-corrected chi connectivity index (χ1v) is 16.0. The number of nitrogens with zero attached hydrogens (tertiary/aromatic N) is 2. The van der Waals surface area contributed by atoms with E-state index < -0.39 is 24.0 Å². The fourth-order valence-electron chi connectivity index (χ4n) is 5.63. The van der Waals surface area contributed by atoms with Crippen molar-refractivity contribution in [2.24, 2.45) is 5.92 Å². The second-order valence-electron chi connectivity index (χ2n) is 12.3. The van der Waals surface area contributed by atoms with Gasteiger partial charge in [0.2, 0.25) is 0 Å². The molecule has 0 radical (unpaired) electrons. The van der Waals surface area contributed by atoms with Crippen molar-refractivity contribution in [2.75, 3.05) is 48.4 Å². The fraction of sp³-hybridized carbons (Fsp3) is 0.270. The number of nitrogens with one attached hydrogen (secondary N) is 3. The summed E-state index contributed by atoms with van der Waals surface area (Å²) < 4.78 is 20.0. The van der Waals surface area contributed by atoms with Crippen molar-refractivity contribution in [3.8, 4) is 5.75 Å². The number of para-hydroxylation sites is 3. The minimum absolute atomic E-state index is 0.161. The second-order valence-corrected chi connectivity index (χ2v) is 12.3. The first kappa shape index (κ1) is 34.9. The number of benzene rings is 4. The third-order valence-corrected chi connectivity index (χ3v) is 8.41. The predicted molar refractivity (Wildman–Crippen MR) is 188 cm³/mol. The Labute approximate surface area is 284 Å². The number of urea groups is 1. The highest BCUT2D eigenvalue weighted by Gasteiger charge is 2.34. The van der Waals surface area contributed by atoms with Crippen molar-refractivity contribution in [2.45, 2.75) is 32.5 Å². The molecule has 0 bridgehead atoms. The van der Waals surface area contributed by atoms with Crippen LogP contribution in [0.1, 0.15) is 40.1 Å². The Morgan fingerprint density at radius 2 is 1.67 bits per heavy atom. The molecule has 4 aromatic rings. The molecule has 5 rings (SSSR count). The average Bonchev–Trinajstić information content (AvgIpc) is 3.08. The first-order chi connectivity index (χ1) is 23.5. The number of fused-ring (bicyclic) bond motifs is 1. The number of halogens is 1. The van der Waals surface area contributed by atoms with Crippen LogP contribution in [-0.4, -0.2) is 71.6 Å². The Hall–Kier alpha value is -5.46. The maximum Gasteiger partial charge on any atom is 0.323 e. The van der Waals surface area contributed by atoms with E-state index in [-0.39, 0.29) is 41.3 Å². The molecule has 0 spiro atoms. The lowest BCUT2D eigenvalue weighted by atomic mass is 9.98. The number of hydrogen-bond donors (Lipinski definition) is 5. The molecule has 4 aromatic carbocycles. The molecule has 3 atom stereocenters. The largest absolute Gasteiger partial charge is 0.486 e. The molecule has 0 fully saturated rings. The van der Waals surface area contributed by atoms with Gasteiger partial charge in [-0.2, -0.15) is 0 Å². The zero-order valence-electron chi connectivity index (χ0n) is 27.7. The highest BCUT2D eigenvalue weighted by molar-refractivity contribution is 6.06. The van der Waals surface area contributed by atoms with E-state index in [9.17, 15) is 23.9 Å². The average molecular weight is 669 g/mol. The van der Waals surface area contributed by atoms with E-state index >= 15 is 0 Å². The zero-order valence-corrected chi connectivity index (χ0v) is 27.7. The van der Waals surface area contributed by atoms with Crippen LogP contribution in [-0.2, 0) is 6.54 Å². The van der Waals surface area contributed by atoms with Crippen LogP contribution in [0.2, 0.25) is 0 Å². The molecule has 1 aliphatic heterocycles. The van der Waals surface area contributed by atoms with E-state index in [0.717, 1.165) is 5.56 Å². The van der Waals surface area contributed by atoms with Crippen molar-refractivity contribution in [3.63, 3.8) is 0 Å². The van der Waals surface area contributed by atoms with Gasteiger partial charge in [0.25, 0.3) is 11.8 Å². The molecule has 0 unspecified atom stereocenters. The van der Waals surface area contributed by atoms with Crippen molar-refractivity contribution >= 4 is 40.6 Å². The number of rotatable bonds is 10. The van der Waals surface area contributed by atoms with Crippen LogP contribution in [0.15, 0.2) is 91.0 Å². The quantitative estimate of drug-likeness (QED) is 0.137. The van der Waals surface area contributed by atoms with E-state index in [0.29, 0.717) is 42.3 Å². The van der Waals surface area contributed by atoms with Gasteiger partial charge in [0.1, 0.15) is 11.9 Å². The minimum atomic E-state index is -0.593. The summed E-state index contributed by atoms with van der Waals surface area (Å²) in [5.41, 5.74) is 9.39. The van der Waals surface area contributed by atoms with Crippen LogP contribution < -0.4 is 26.4 Å². The molecular weight excluding hydrogens is 627 g/mol. The predicted octanol–water partition coefficient (Wildman–Crippen LogP) is 5.66. The number of nitrogen functional groups attached to an aromatic ring is 1. The number of hydrogen-bond acceptors (Lipinski definition) is 7. The van der Waals surface area contributed by atoms with Gasteiger partial charge in [-0.25, -0.2) is 9.18 Å². The van der Waals surface area contributed by atoms with Gasteiger partial charge in [-0.3, -0.25) is 14.5 Å². The first-order valence-electron chi connectivity index (χ1n) is 16.0. The van der Waals surface area contributed by atoms with E-state index in [1.165, 1.54) is 24.3 Å². The molecule has 0 aromatic heterocycles. The van der Waals surface area contributed by atoms with Gasteiger partial charge in [-0.15, -0.1) is 0 Å². The van der Waals surface area contributed by atoms with Gasteiger partial charge in [-0.05, 0) is 80.2 Å². The number of ether oxygens (including phenoxy) is 1. The summed E-state index contributed by atoms with van der Waals surface area (Å²) in [6.45, 7) is 4.90. The molecule has 11 nitrogen and oxygen atoms in total. The Kier molecular flexibility index (Phi) is 11.1. The number of nitrogens with two attached hydrogens (primary N) is 1. The van der Waals surface area contributed by atoms with E-state index in [1.807, 2.05) is 26.1 Å². The molecular formula is C37H41FN6O5. The summed E-state index contributed by atoms with van der Waals surface area (Å²) in [6, 6.07) is 23.6. The number of anilines is 4. The van der Waals surface area contributed by atoms with Crippen molar-refractivity contribution in [1.29, 1.82) is 0 Å². The highest BCUT2D eigenvalue weighted by Crippen LogP contribution is 2.35. The molecule has 0 saturated heterocycles. The third kappa shape index (κ3) is 8.72. The summed E-state index contributed by atoms with van der Waals surface area (Å²) in [6.07, 6.45) is -0.422. The van der Waals surface area contributed by atoms with Gasteiger partial charge in [-0.1, -0.05) is 37.3 Å². The van der Waals surface area contributed by atoms with Crippen LogP contribution in [0, 0.1) is 11.7 Å². The molecule has 0 aliphatic carbocycles. The SMILES string of the molecule is C[C@@H]1CN([C@@H](C)CO)C(=O)c2cccc(NC(=O)Nc3ccc(F)cc3)c2O[C@@H]1CN(C)Cc1ccc(C(=O)Nc2ccccc2N)cc1. The maximum atomic E-state index is 13.8. The van der Waals surface area contributed by atoms with E-state index in [1.54, 1.807) is 66.4 Å². The van der Waals surface area contributed by atoms with E-state index in [4.69, 9.17) is 10.5 Å². The normalized spacial score (nSPS) is 16.5. The fourth-order valence-corrected chi connectivity index (χ4v) is 5.63. The summed E-state index contributed by atoms with van der Waals surface area (Å²) >= 11 is 0. The monoisotopic (exact) mass is 668 g/mol. The Morgan fingerprint density at radius 3 is 2.37 bits per heavy atom. The summed E-state index contributed by atoms with van der Waals surface area (Å²) in [5.74, 6) is -0.956. The Morgan fingerprint density at radius 1 is 0.980 bits per heavy atom.